The van der Waals surface area contributed by atoms with Crippen molar-refractivity contribution >= 4 is 17.4 Å². The summed E-state index contributed by atoms with van der Waals surface area (Å²) in [6.07, 6.45) is 0.615. The molecule has 2 nitrogen and oxygen atoms in total. The Bertz CT molecular complexity index is 154. The molecule has 0 radical (unpaired) electrons. The van der Waals surface area contributed by atoms with Crippen molar-refractivity contribution in [3.05, 3.63) is 0 Å². The van der Waals surface area contributed by atoms with Gasteiger partial charge in [-0.05, 0) is 33.7 Å². The van der Waals surface area contributed by atoms with Gasteiger partial charge in [0.1, 0.15) is 0 Å². The van der Waals surface area contributed by atoms with Gasteiger partial charge in [0.25, 0.3) is 0 Å². The van der Waals surface area contributed by atoms with Gasteiger partial charge in [0.05, 0.1) is 0 Å². The van der Waals surface area contributed by atoms with Crippen molar-refractivity contribution in [3.8, 4) is 0 Å². The van der Waals surface area contributed by atoms with Crippen LogP contribution in [0.5, 0.6) is 0 Å². The SMILES string of the molecule is CC(C)O[SiH](CC[Si](C)(C)C)OC(C)C. The lowest BCUT2D eigenvalue weighted by Gasteiger charge is -2.24. The minimum absolute atomic E-state index is 0.307. The monoisotopic (exact) mass is 248 g/mol. The highest BCUT2D eigenvalue weighted by atomic mass is 28.3. The minimum Gasteiger partial charge on any atom is -0.394 e. The molecule has 15 heavy (non-hydrogen) atoms. The Morgan fingerprint density at radius 1 is 0.933 bits per heavy atom. The highest BCUT2D eigenvalue weighted by molar-refractivity contribution is 6.77. The summed E-state index contributed by atoms with van der Waals surface area (Å²) >= 11 is 0. The third-order valence-electron chi connectivity index (χ3n) is 1.98. The maximum Gasteiger partial charge on any atom is 0.321 e. The molecular weight excluding hydrogens is 220 g/mol. The predicted octanol–water partition coefficient (Wildman–Crippen LogP) is 3.40. The molecule has 0 unspecified atom stereocenters. The smallest absolute Gasteiger partial charge is 0.321 e. The highest BCUT2D eigenvalue weighted by Gasteiger charge is 2.21. The molecule has 0 amide bonds. The average molecular weight is 249 g/mol. The molecule has 0 saturated carbocycles. The van der Waals surface area contributed by atoms with Crippen molar-refractivity contribution in [1.29, 1.82) is 0 Å². The molecule has 0 aliphatic heterocycles. The van der Waals surface area contributed by atoms with Gasteiger partial charge in [0.15, 0.2) is 0 Å². The molecule has 0 aromatic heterocycles. The van der Waals surface area contributed by atoms with Crippen molar-refractivity contribution in [2.75, 3.05) is 0 Å². The van der Waals surface area contributed by atoms with Gasteiger partial charge in [0, 0.05) is 20.3 Å². The van der Waals surface area contributed by atoms with Crippen LogP contribution in [0.4, 0.5) is 0 Å². The van der Waals surface area contributed by atoms with Gasteiger partial charge >= 0.3 is 9.28 Å². The van der Waals surface area contributed by atoms with Crippen molar-refractivity contribution < 1.29 is 8.85 Å². The molecule has 0 rings (SSSR count). The summed E-state index contributed by atoms with van der Waals surface area (Å²) in [6, 6.07) is 2.50. The van der Waals surface area contributed by atoms with Crippen LogP contribution in [0.1, 0.15) is 27.7 Å². The number of hydrogen-bond acceptors (Lipinski definition) is 2. The highest BCUT2D eigenvalue weighted by Crippen LogP contribution is 2.16. The van der Waals surface area contributed by atoms with Gasteiger partial charge in [-0.2, -0.15) is 0 Å². The van der Waals surface area contributed by atoms with E-state index in [4.69, 9.17) is 8.85 Å². The lowest BCUT2D eigenvalue weighted by Crippen LogP contribution is -2.32. The van der Waals surface area contributed by atoms with Crippen LogP contribution in [0.25, 0.3) is 0 Å². The van der Waals surface area contributed by atoms with E-state index < -0.39 is 17.4 Å². The molecule has 0 fully saturated rings. The van der Waals surface area contributed by atoms with Gasteiger partial charge < -0.3 is 8.85 Å². The van der Waals surface area contributed by atoms with E-state index in [0.717, 1.165) is 0 Å². The fourth-order valence-electron chi connectivity index (χ4n) is 1.33. The molecule has 4 heteroatoms. The number of hydrogen-bond donors (Lipinski definition) is 0. The average Bonchev–Trinajstić information content (AvgIpc) is 1.96. The Hall–Kier alpha value is 0.354. The number of rotatable bonds is 7. The quantitative estimate of drug-likeness (QED) is 0.643. The topological polar surface area (TPSA) is 18.5 Å². The van der Waals surface area contributed by atoms with E-state index in [1.807, 2.05) is 0 Å². The molecule has 0 aliphatic carbocycles. The molecule has 0 bridgehead atoms. The lowest BCUT2D eigenvalue weighted by atomic mass is 10.5. The van der Waals surface area contributed by atoms with Crippen LogP contribution in [-0.4, -0.2) is 29.6 Å². The molecule has 0 heterocycles. The van der Waals surface area contributed by atoms with Gasteiger partial charge in [-0.3, -0.25) is 0 Å². The van der Waals surface area contributed by atoms with E-state index in [2.05, 4.69) is 47.3 Å². The Balaban J connectivity index is 4.01. The van der Waals surface area contributed by atoms with Gasteiger partial charge in [0.2, 0.25) is 0 Å². The third-order valence-corrected chi connectivity index (χ3v) is 6.80. The summed E-state index contributed by atoms with van der Waals surface area (Å²) in [7, 11) is -2.36. The Kier molecular flexibility index (Phi) is 6.99. The van der Waals surface area contributed by atoms with E-state index in [0.29, 0.717) is 12.2 Å². The van der Waals surface area contributed by atoms with E-state index in [9.17, 15) is 0 Å². The predicted molar refractivity (Wildman–Crippen MR) is 72.6 cm³/mol. The molecule has 0 N–H and O–H groups in total. The standard InChI is InChI=1S/C11H28O2Si2/c1-10(2)12-14(13-11(3)4)8-9-15(5,6)7/h10-11,14H,8-9H2,1-7H3. The zero-order chi connectivity index (χ0) is 12.1. The van der Waals surface area contributed by atoms with Crippen LogP contribution < -0.4 is 0 Å². The summed E-state index contributed by atoms with van der Waals surface area (Å²) in [6.45, 7) is 15.6. The first-order valence-corrected chi connectivity index (χ1v) is 11.5. The molecule has 0 aromatic carbocycles. The van der Waals surface area contributed by atoms with Crippen LogP contribution >= 0.6 is 0 Å². The van der Waals surface area contributed by atoms with E-state index in [1.54, 1.807) is 0 Å². The second kappa shape index (κ2) is 6.83. The van der Waals surface area contributed by atoms with Crippen LogP contribution in [-0.2, 0) is 8.85 Å². The second-order valence-corrected chi connectivity index (χ2v) is 13.5. The fourth-order valence-corrected chi connectivity index (χ4v) is 7.28. The van der Waals surface area contributed by atoms with Crippen molar-refractivity contribution in [3.63, 3.8) is 0 Å². The molecule has 92 valence electrons. The first-order chi connectivity index (χ1) is 6.70. The maximum absolute atomic E-state index is 5.90. The van der Waals surface area contributed by atoms with Gasteiger partial charge in [-0.15, -0.1) is 0 Å². The molecule has 0 atom stereocenters. The Labute approximate surface area is 98.2 Å². The normalized spacial score (nSPS) is 13.2. The fraction of sp³-hybridized carbons (Fsp3) is 1.00. The summed E-state index contributed by atoms with van der Waals surface area (Å²) in [4.78, 5) is 0. The zero-order valence-electron chi connectivity index (χ0n) is 11.5. The van der Waals surface area contributed by atoms with Crippen LogP contribution in [0, 0.1) is 0 Å². The maximum atomic E-state index is 5.90. The molecule has 0 aromatic rings. The molecule has 0 aliphatic rings. The molecule has 0 saturated heterocycles. The Morgan fingerprint density at radius 2 is 1.33 bits per heavy atom. The van der Waals surface area contributed by atoms with Crippen LogP contribution in [0.3, 0.4) is 0 Å². The Morgan fingerprint density at radius 3 is 1.60 bits per heavy atom. The van der Waals surface area contributed by atoms with Crippen LogP contribution in [0.2, 0.25) is 31.7 Å². The summed E-state index contributed by atoms with van der Waals surface area (Å²) in [5, 5.41) is 0. The zero-order valence-corrected chi connectivity index (χ0v) is 13.6. The summed E-state index contributed by atoms with van der Waals surface area (Å²) in [5.74, 6) is 0. The third kappa shape index (κ3) is 10.6. The molecular formula is C11H28O2Si2. The first kappa shape index (κ1) is 15.4. The van der Waals surface area contributed by atoms with E-state index >= 15 is 0 Å². The summed E-state index contributed by atoms with van der Waals surface area (Å²) < 4.78 is 11.8. The lowest BCUT2D eigenvalue weighted by molar-refractivity contribution is 0.130. The van der Waals surface area contributed by atoms with E-state index in [1.165, 1.54) is 12.1 Å². The minimum atomic E-state index is -1.41. The summed E-state index contributed by atoms with van der Waals surface area (Å²) in [5.41, 5.74) is 0. The van der Waals surface area contributed by atoms with Gasteiger partial charge in [-0.25, -0.2) is 0 Å². The van der Waals surface area contributed by atoms with Crippen molar-refractivity contribution in [1.82, 2.24) is 0 Å². The second-order valence-electron chi connectivity index (χ2n) is 5.90. The van der Waals surface area contributed by atoms with Crippen molar-refractivity contribution in [2.24, 2.45) is 0 Å². The van der Waals surface area contributed by atoms with Gasteiger partial charge in [-0.1, -0.05) is 25.7 Å². The van der Waals surface area contributed by atoms with Crippen molar-refractivity contribution in [2.45, 2.75) is 71.6 Å². The largest absolute Gasteiger partial charge is 0.394 e. The van der Waals surface area contributed by atoms with Crippen LogP contribution in [0.15, 0.2) is 0 Å². The van der Waals surface area contributed by atoms with E-state index in [-0.39, 0.29) is 0 Å². The molecule has 0 spiro atoms. The first-order valence-electron chi connectivity index (χ1n) is 6.01.